The fourth-order valence-electron chi connectivity index (χ4n) is 3.20. The van der Waals surface area contributed by atoms with E-state index in [9.17, 15) is 14.9 Å². The van der Waals surface area contributed by atoms with E-state index in [1.54, 1.807) is 24.3 Å². The van der Waals surface area contributed by atoms with Gasteiger partial charge in [-0.25, -0.2) is 4.98 Å². The molecule has 2 N–H and O–H groups in total. The molecule has 0 unspecified atom stereocenters. The van der Waals surface area contributed by atoms with Crippen molar-refractivity contribution in [3.05, 3.63) is 82.5 Å². The van der Waals surface area contributed by atoms with Gasteiger partial charge in [0.1, 0.15) is 11.6 Å². The van der Waals surface area contributed by atoms with Gasteiger partial charge in [-0.15, -0.1) is 0 Å². The zero-order valence-corrected chi connectivity index (χ0v) is 17.7. The molecular weight excluding hydrogens is 428 g/mol. The van der Waals surface area contributed by atoms with Crippen LogP contribution in [0.3, 0.4) is 0 Å². The fourth-order valence-corrected chi connectivity index (χ4v) is 3.33. The van der Waals surface area contributed by atoms with Crippen molar-refractivity contribution in [2.75, 3.05) is 11.9 Å². The van der Waals surface area contributed by atoms with Crippen molar-refractivity contribution in [1.82, 2.24) is 20.1 Å². The van der Waals surface area contributed by atoms with Crippen LogP contribution in [0.5, 0.6) is 0 Å². The van der Waals surface area contributed by atoms with E-state index in [0.717, 1.165) is 16.5 Å². The number of nitrogens with one attached hydrogen (secondary N) is 2. The molecule has 0 saturated heterocycles. The van der Waals surface area contributed by atoms with Crippen molar-refractivity contribution in [1.29, 1.82) is 5.26 Å². The molecule has 2 aromatic carbocycles. The van der Waals surface area contributed by atoms with Gasteiger partial charge in [0.05, 0.1) is 18.3 Å². The lowest BCUT2D eigenvalue weighted by Crippen LogP contribution is -2.33. The van der Waals surface area contributed by atoms with E-state index < -0.39 is 11.8 Å². The highest BCUT2D eigenvalue weighted by atomic mass is 35.5. The summed E-state index contributed by atoms with van der Waals surface area (Å²) < 4.78 is 1.40. The Kier molecular flexibility index (Phi) is 5.83. The SMILES string of the molecule is Cc1cc(-n2ncc(C#N)c2NC(=O)CNC(=O)c2ccc(Cl)cc2)nc2ccccc12. The van der Waals surface area contributed by atoms with Crippen LogP contribution in [0.15, 0.2) is 60.8 Å². The van der Waals surface area contributed by atoms with Crippen LogP contribution in [0.25, 0.3) is 16.7 Å². The molecule has 8 nitrogen and oxygen atoms in total. The number of amides is 2. The second-order valence-electron chi connectivity index (χ2n) is 6.98. The van der Waals surface area contributed by atoms with E-state index >= 15 is 0 Å². The molecule has 0 radical (unpaired) electrons. The minimum atomic E-state index is -0.511. The number of nitrogens with zero attached hydrogens (tertiary/aromatic N) is 4. The monoisotopic (exact) mass is 444 g/mol. The van der Waals surface area contributed by atoms with Crippen LogP contribution in [-0.2, 0) is 4.79 Å². The van der Waals surface area contributed by atoms with Crippen molar-refractivity contribution in [3.8, 4) is 11.9 Å². The van der Waals surface area contributed by atoms with Crippen LogP contribution in [0.1, 0.15) is 21.5 Å². The van der Waals surface area contributed by atoms with Gasteiger partial charge in [-0.3, -0.25) is 9.59 Å². The Morgan fingerprint density at radius 3 is 2.66 bits per heavy atom. The summed E-state index contributed by atoms with van der Waals surface area (Å²) in [6.07, 6.45) is 1.36. The first-order valence-corrected chi connectivity index (χ1v) is 10.0. The lowest BCUT2D eigenvalue weighted by atomic mass is 10.1. The van der Waals surface area contributed by atoms with Crippen molar-refractivity contribution in [3.63, 3.8) is 0 Å². The summed E-state index contributed by atoms with van der Waals surface area (Å²) in [5, 5.41) is 20.4. The van der Waals surface area contributed by atoms with Crippen molar-refractivity contribution < 1.29 is 9.59 Å². The quantitative estimate of drug-likeness (QED) is 0.488. The standard InChI is InChI=1S/C23H17ClN6O2/c1-14-10-20(28-19-5-3-2-4-18(14)19)30-22(16(11-25)12-27-30)29-21(31)13-26-23(32)15-6-8-17(24)9-7-15/h2-10,12H,13H2,1H3,(H,26,32)(H,29,31). The van der Waals surface area contributed by atoms with Crippen LogP contribution in [0.4, 0.5) is 5.82 Å². The number of pyridine rings is 1. The van der Waals surface area contributed by atoms with E-state index in [-0.39, 0.29) is 17.9 Å². The van der Waals surface area contributed by atoms with Gasteiger partial charge in [-0.05, 0) is 48.9 Å². The first-order chi connectivity index (χ1) is 15.5. The van der Waals surface area contributed by atoms with E-state index in [0.29, 0.717) is 16.4 Å². The molecular formula is C23H17ClN6O2. The summed E-state index contributed by atoms with van der Waals surface area (Å²) >= 11 is 5.82. The molecule has 32 heavy (non-hydrogen) atoms. The van der Waals surface area contributed by atoms with Gasteiger partial charge in [0.15, 0.2) is 11.6 Å². The normalized spacial score (nSPS) is 10.5. The van der Waals surface area contributed by atoms with Gasteiger partial charge < -0.3 is 10.6 Å². The molecule has 2 aromatic heterocycles. The number of fused-ring (bicyclic) bond motifs is 1. The number of halogens is 1. The van der Waals surface area contributed by atoms with E-state index in [4.69, 9.17) is 11.6 Å². The maximum absolute atomic E-state index is 12.5. The number of hydrogen-bond acceptors (Lipinski definition) is 5. The molecule has 0 aliphatic heterocycles. The average molecular weight is 445 g/mol. The number of nitriles is 1. The predicted molar refractivity (Wildman–Crippen MR) is 121 cm³/mol. The second kappa shape index (κ2) is 8.88. The number of carbonyl (C=O) groups excluding carboxylic acids is 2. The van der Waals surface area contributed by atoms with Crippen molar-refractivity contribution in [2.45, 2.75) is 6.92 Å². The lowest BCUT2D eigenvalue weighted by molar-refractivity contribution is -0.115. The molecule has 4 rings (SSSR count). The van der Waals surface area contributed by atoms with E-state index in [1.807, 2.05) is 43.3 Å². The van der Waals surface area contributed by atoms with E-state index in [1.165, 1.54) is 10.9 Å². The van der Waals surface area contributed by atoms with Gasteiger partial charge in [-0.1, -0.05) is 29.8 Å². The number of rotatable bonds is 5. The summed E-state index contributed by atoms with van der Waals surface area (Å²) in [5.74, 6) is -0.288. The molecule has 158 valence electrons. The molecule has 4 aromatic rings. The number of aromatic nitrogens is 3. The lowest BCUT2D eigenvalue weighted by Gasteiger charge is -2.11. The number of anilines is 1. The molecule has 2 amide bonds. The molecule has 0 atom stereocenters. The fraction of sp³-hybridized carbons (Fsp3) is 0.0870. The molecule has 2 heterocycles. The summed E-state index contributed by atoms with van der Waals surface area (Å²) in [7, 11) is 0. The smallest absolute Gasteiger partial charge is 0.251 e. The van der Waals surface area contributed by atoms with Gasteiger partial charge in [-0.2, -0.15) is 15.0 Å². The summed E-state index contributed by atoms with van der Waals surface area (Å²) in [4.78, 5) is 29.3. The Balaban J connectivity index is 1.55. The Bertz CT molecular complexity index is 1370. The highest BCUT2D eigenvalue weighted by Crippen LogP contribution is 2.23. The molecule has 0 aliphatic carbocycles. The summed E-state index contributed by atoms with van der Waals surface area (Å²) in [6.45, 7) is 1.66. The third kappa shape index (κ3) is 4.29. The molecule has 0 fully saturated rings. The second-order valence-corrected chi connectivity index (χ2v) is 7.42. The van der Waals surface area contributed by atoms with E-state index in [2.05, 4.69) is 20.7 Å². The number of benzene rings is 2. The zero-order valence-electron chi connectivity index (χ0n) is 17.0. The Labute approximate surface area is 188 Å². The minimum absolute atomic E-state index is 0.176. The average Bonchev–Trinajstić information content (AvgIpc) is 3.20. The van der Waals surface area contributed by atoms with Crippen molar-refractivity contribution in [2.24, 2.45) is 0 Å². The first kappa shape index (κ1) is 21.0. The molecule has 0 aliphatic rings. The Hall–Kier alpha value is -4.22. The molecule has 9 heteroatoms. The maximum atomic E-state index is 12.5. The van der Waals surface area contributed by atoms with Crippen LogP contribution >= 0.6 is 11.6 Å². The van der Waals surface area contributed by atoms with Gasteiger partial charge in [0.2, 0.25) is 5.91 Å². The largest absolute Gasteiger partial charge is 0.343 e. The Morgan fingerprint density at radius 1 is 1.16 bits per heavy atom. The number of para-hydroxylation sites is 1. The van der Waals surface area contributed by atoms with Gasteiger partial charge in [0, 0.05) is 16.0 Å². The minimum Gasteiger partial charge on any atom is -0.343 e. The summed E-state index contributed by atoms with van der Waals surface area (Å²) in [5.41, 5.74) is 2.30. The zero-order chi connectivity index (χ0) is 22.7. The van der Waals surface area contributed by atoms with Crippen molar-refractivity contribution >= 4 is 40.1 Å². The topological polar surface area (TPSA) is 113 Å². The third-order valence-electron chi connectivity index (χ3n) is 4.79. The molecule has 0 bridgehead atoms. The molecule has 0 spiro atoms. The number of hydrogen-bond donors (Lipinski definition) is 2. The molecule has 0 saturated carbocycles. The number of aryl methyl sites for hydroxylation is 1. The van der Waals surface area contributed by atoms with Gasteiger partial charge >= 0.3 is 0 Å². The van der Waals surface area contributed by atoms with Crippen LogP contribution in [0, 0.1) is 18.3 Å². The predicted octanol–water partition coefficient (Wildman–Crippen LogP) is 3.62. The van der Waals surface area contributed by atoms with Crippen LogP contribution in [0.2, 0.25) is 5.02 Å². The van der Waals surface area contributed by atoms with Crippen LogP contribution < -0.4 is 10.6 Å². The van der Waals surface area contributed by atoms with Gasteiger partial charge in [0.25, 0.3) is 5.91 Å². The highest BCUT2D eigenvalue weighted by molar-refractivity contribution is 6.30. The summed E-state index contributed by atoms with van der Waals surface area (Å²) in [6, 6.07) is 17.8. The maximum Gasteiger partial charge on any atom is 0.251 e. The third-order valence-corrected chi connectivity index (χ3v) is 5.04. The first-order valence-electron chi connectivity index (χ1n) is 9.65. The van der Waals surface area contributed by atoms with Crippen LogP contribution in [-0.4, -0.2) is 33.1 Å². The number of carbonyl (C=O) groups is 2. The Morgan fingerprint density at radius 2 is 1.91 bits per heavy atom. The highest BCUT2D eigenvalue weighted by Gasteiger charge is 2.17.